The summed E-state index contributed by atoms with van der Waals surface area (Å²) in [6.07, 6.45) is 7.70. The monoisotopic (exact) mass is 489 g/mol. The molecule has 0 bridgehead atoms. The van der Waals surface area contributed by atoms with Crippen LogP contribution >= 0.6 is 0 Å². The number of amides is 1. The van der Waals surface area contributed by atoms with E-state index in [1.807, 2.05) is 30.2 Å². The van der Waals surface area contributed by atoms with E-state index in [1.54, 1.807) is 0 Å². The Morgan fingerprint density at radius 3 is 2.47 bits per heavy atom. The van der Waals surface area contributed by atoms with Gasteiger partial charge in [-0.1, -0.05) is 18.6 Å². The molecular weight excluding hydrogens is 450 g/mol. The molecule has 2 saturated heterocycles. The first-order valence-corrected chi connectivity index (χ1v) is 13.4. The molecule has 8 nitrogen and oxygen atoms in total. The Hall–Kier alpha value is -2.81. The fourth-order valence-electron chi connectivity index (χ4n) is 5.42. The number of nitrogens with zero attached hydrogens (tertiary/aromatic N) is 6. The lowest BCUT2D eigenvalue weighted by atomic mass is 10.0. The third-order valence-electron chi connectivity index (χ3n) is 7.69. The van der Waals surface area contributed by atoms with Gasteiger partial charge in [0, 0.05) is 63.0 Å². The summed E-state index contributed by atoms with van der Waals surface area (Å²) >= 11 is 0. The van der Waals surface area contributed by atoms with Crippen molar-refractivity contribution in [2.24, 2.45) is 7.05 Å². The highest BCUT2D eigenvalue weighted by Crippen LogP contribution is 2.29. The maximum absolute atomic E-state index is 12.7. The number of carbonyl (C=O) groups is 1. The second kappa shape index (κ2) is 11.1. The molecule has 0 aliphatic carbocycles. The van der Waals surface area contributed by atoms with Crippen LogP contribution in [0.2, 0.25) is 0 Å². The number of fused-ring (bicyclic) bond motifs is 1. The van der Waals surface area contributed by atoms with E-state index < -0.39 is 0 Å². The SMILES string of the molecule is CC(C)N1CCN(CC(=O)Nc2cc3cc(-c4cnn(C)c4CN4CCCCC4)ccc3cn2)CC1. The van der Waals surface area contributed by atoms with Crippen molar-refractivity contribution >= 4 is 22.5 Å². The number of nitrogens with one attached hydrogen (secondary N) is 1. The van der Waals surface area contributed by atoms with Gasteiger partial charge in [-0.25, -0.2) is 4.98 Å². The summed E-state index contributed by atoms with van der Waals surface area (Å²) in [5.74, 6) is 0.595. The van der Waals surface area contributed by atoms with Crippen LogP contribution in [0.1, 0.15) is 38.8 Å². The first kappa shape index (κ1) is 24.9. The van der Waals surface area contributed by atoms with Crippen LogP contribution in [0.4, 0.5) is 5.82 Å². The van der Waals surface area contributed by atoms with Crippen LogP contribution in [0.25, 0.3) is 21.9 Å². The van der Waals surface area contributed by atoms with Crippen LogP contribution in [0.5, 0.6) is 0 Å². The van der Waals surface area contributed by atoms with Crippen molar-refractivity contribution in [3.8, 4) is 11.1 Å². The zero-order chi connectivity index (χ0) is 25.1. The molecule has 2 aliphatic rings. The number of aryl methyl sites for hydroxylation is 1. The maximum atomic E-state index is 12.7. The molecule has 1 aromatic carbocycles. The molecule has 0 atom stereocenters. The smallest absolute Gasteiger partial charge is 0.239 e. The Morgan fingerprint density at radius 1 is 0.944 bits per heavy atom. The van der Waals surface area contributed by atoms with Crippen molar-refractivity contribution in [3.05, 3.63) is 42.4 Å². The zero-order valence-electron chi connectivity index (χ0n) is 21.9. The molecule has 0 unspecified atom stereocenters. The highest BCUT2D eigenvalue weighted by Gasteiger charge is 2.21. The third kappa shape index (κ3) is 5.77. The van der Waals surface area contributed by atoms with Gasteiger partial charge in [-0.2, -0.15) is 5.10 Å². The van der Waals surface area contributed by atoms with E-state index in [1.165, 1.54) is 30.5 Å². The zero-order valence-corrected chi connectivity index (χ0v) is 21.9. The van der Waals surface area contributed by atoms with Gasteiger partial charge < -0.3 is 5.32 Å². The van der Waals surface area contributed by atoms with Gasteiger partial charge in [0.2, 0.25) is 5.91 Å². The van der Waals surface area contributed by atoms with Crippen molar-refractivity contribution in [2.75, 3.05) is 51.1 Å². The van der Waals surface area contributed by atoms with E-state index in [4.69, 9.17) is 0 Å². The molecule has 3 aromatic rings. The molecule has 36 heavy (non-hydrogen) atoms. The number of carbonyl (C=O) groups excluding carboxylic acids is 1. The lowest BCUT2D eigenvalue weighted by Crippen LogP contribution is -2.50. The summed E-state index contributed by atoms with van der Waals surface area (Å²) in [7, 11) is 2.03. The van der Waals surface area contributed by atoms with Gasteiger partial charge in [0.25, 0.3) is 0 Å². The second-order valence-corrected chi connectivity index (χ2v) is 10.6. The largest absolute Gasteiger partial charge is 0.310 e. The highest BCUT2D eigenvalue weighted by molar-refractivity contribution is 5.95. The predicted octanol–water partition coefficient (Wildman–Crippen LogP) is 3.59. The Kier molecular flexibility index (Phi) is 7.65. The molecule has 1 N–H and O–H groups in total. The molecule has 192 valence electrons. The Balaban J connectivity index is 1.28. The molecule has 8 heteroatoms. The normalized spacial score (nSPS) is 18.2. The van der Waals surface area contributed by atoms with E-state index in [2.05, 4.69) is 62.1 Å². The van der Waals surface area contributed by atoms with Crippen LogP contribution in [0.3, 0.4) is 0 Å². The second-order valence-electron chi connectivity index (χ2n) is 10.6. The Morgan fingerprint density at radius 2 is 1.72 bits per heavy atom. The van der Waals surface area contributed by atoms with Gasteiger partial charge in [0.05, 0.1) is 18.4 Å². The van der Waals surface area contributed by atoms with Crippen LogP contribution in [0.15, 0.2) is 36.7 Å². The number of likely N-dealkylation sites (tertiary alicyclic amines) is 1. The summed E-state index contributed by atoms with van der Waals surface area (Å²) in [6.45, 7) is 12.0. The standard InChI is InChI=1S/C28H39N7O/c1-21(2)35-13-11-34(12-14-35)20-28(36)31-27-16-24-15-22(7-8-23(24)17-29-27)25-18-30-32(3)26(25)19-33-9-5-4-6-10-33/h7-8,15-18,21H,4-6,9-14,19-20H2,1-3H3,(H,29,31,36). The number of hydrogen-bond acceptors (Lipinski definition) is 6. The fourth-order valence-corrected chi connectivity index (χ4v) is 5.42. The lowest BCUT2D eigenvalue weighted by Gasteiger charge is -2.36. The fraction of sp³-hybridized carbons (Fsp3) is 0.536. The van der Waals surface area contributed by atoms with E-state index in [-0.39, 0.29) is 5.91 Å². The minimum absolute atomic E-state index is 0.00733. The van der Waals surface area contributed by atoms with Crippen molar-refractivity contribution in [3.63, 3.8) is 0 Å². The first-order valence-electron chi connectivity index (χ1n) is 13.4. The van der Waals surface area contributed by atoms with Gasteiger partial charge in [0.15, 0.2) is 0 Å². The van der Waals surface area contributed by atoms with Crippen molar-refractivity contribution in [1.29, 1.82) is 0 Å². The molecule has 2 aliphatic heterocycles. The molecule has 5 rings (SSSR count). The third-order valence-corrected chi connectivity index (χ3v) is 7.69. The molecule has 2 fully saturated rings. The summed E-state index contributed by atoms with van der Waals surface area (Å²) in [6, 6.07) is 8.98. The minimum Gasteiger partial charge on any atom is -0.310 e. The van der Waals surface area contributed by atoms with E-state index in [0.29, 0.717) is 18.4 Å². The quantitative estimate of drug-likeness (QED) is 0.547. The van der Waals surface area contributed by atoms with Crippen LogP contribution in [-0.2, 0) is 18.4 Å². The topological polar surface area (TPSA) is 69.5 Å². The summed E-state index contributed by atoms with van der Waals surface area (Å²) in [5.41, 5.74) is 3.57. The summed E-state index contributed by atoms with van der Waals surface area (Å²) < 4.78 is 2.01. The van der Waals surface area contributed by atoms with Crippen LogP contribution < -0.4 is 5.32 Å². The van der Waals surface area contributed by atoms with Gasteiger partial charge in [-0.3, -0.25) is 24.2 Å². The Labute approximate surface area is 214 Å². The molecule has 2 aromatic heterocycles. The number of rotatable bonds is 7. The number of piperazine rings is 1. The van der Waals surface area contributed by atoms with Gasteiger partial charge >= 0.3 is 0 Å². The highest BCUT2D eigenvalue weighted by atomic mass is 16.2. The molecular formula is C28H39N7O. The number of aromatic nitrogens is 3. The van der Waals surface area contributed by atoms with Gasteiger partial charge in [0.1, 0.15) is 5.82 Å². The van der Waals surface area contributed by atoms with Crippen LogP contribution in [-0.4, -0.2) is 87.2 Å². The number of anilines is 1. The number of hydrogen-bond donors (Lipinski definition) is 1. The number of pyridine rings is 1. The van der Waals surface area contributed by atoms with E-state index in [9.17, 15) is 4.79 Å². The van der Waals surface area contributed by atoms with Crippen molar-refractivity contribution in [2.45, 2.75) is 45.7 Å². The number of piperidine rings is 1. The molecule has 0 saturated carbocycles. The van der Waals surface area contributed by atoms with Gasteiger partial charge in [-0.15, -0.1) is 0 Å². The Bertz CT molecular complexity index is 1190. The lowest BCUT2D eigenvalue weighted by molar-refractivity contribution is -0.117. The average Bonchev–Trinajstić information content (AvgIpc) is 3.24. The first-order chi connectivity index (χ1) is 17.5. The summed E-state index contributed by atoms with van der Waals surface area (Å²) in [5, 5.41) is 9.72. The molecule has 4 heterocycles. The number of benzene rings is 1. The van der Waals surface area contributed by atoms with Crippen molar-refractivity contribution < 1.29 is 4.79 Å². The molecule has 1 amide bonds. The summed E-state index contributed by atoms with van der Waals surface area (Å²) in [4.78, 5) is 24.4. The average molecular weight is 490 g/mol. The molecule has 0 spiro atoms. The minimum atomic E-state index is -0.00733. The van der Waals surface area contributed by atoms with Crippen LogP contribution in [0, 0.1) is 0 Å². The van der Waals surface area contributed by atoms with E-state index >= 15 is 0 Å². The molecule has 0 radical (unpaired) electrons. The maximum Gasteiger partial charge on any atom is 0.239 e. The van der Waals surface area contributed by atoms with E-state index in [0.717, 1.165) is 62.1 Å². The van der Waals surface area contributed by atoms with Gasteiger partial charge in [-0.05, 0) is 62.9 Å². The predicted molar refractivity (Wildman–Crippen MR) is 145 cm³/mol. The van der Waals surface area contributed by atoms with Crippen molar-refractivity contribution in [1.82, 2.24) is 29.5 Å².